The molecule has 0 saturated carbocycles. The van der Waals surface area contributed by atoms with E-state index in [-0.39, 0.29) is 29.5 Å². The SMILES string of the molecule is COc1ccc(CN(C)C(=O)CSc2nc3ccccc3c(=O)n2C)cc1F. The molecule has 0 aliphatic carbocycles. The Morgan fingerprint density at radius 1 is 1.29 bits per heavy atom. The van der Waals surface area contributed by atoms with Crippen LogP contribution in [0.2, 0.25) is 0 Å². The Labute approximate surface area is 165 Å². The van der Waals surface area contributed by atoms with E-state index in [0.29, 0.717) is 21.6 Å². The van der Waals surface area contributed by atoms with Crippen molar-refractivity contribution in [3.8, 4) is 5.75 Å². The molecule has 0 unspecified atom stereocenters. The number of ether oxygens (including phenoxy) is 1. The van der Waals surface area contributed by atoms with Crippen LogP contribution in [0, 0.1) is 5.82 Å². The maximum atomic E-state index is 13.8. The molecule has 1 aromatic heterocycles. The number of carbonyl (C=O) groups excluding carboxylic acids is 1. The van der Waals surface area contributed by atoms with Gasteiger partial charge in [-0.15, -0.1) is 0 Å². The predicted octanol–water partition coefficient (Wildman–Crippen LogP) is 2.83. The van der Waals surface area contributed by atoms with E-state index in [4.69, 9.17) is 4.74 Å². The lowest BCUT2D eigenvalue weighted by Gasteiger charge is -2.18. The molecule has 6 nitrogen and oxygen atoms in total. The van der Waals surface area contributed by atoms with Crippen LogP contribution in [0.25, 0.3) is 10.9 Å². The maximum Gasteiger partial charge on any atom is 0.261 e. The highest BCUT2D eigenvalue weighted by Crippen LogP contribution is 2.20. The van der Waals surface area contributed by atoms with Crippen LogP contribution in [-0.2, 0) is 18.4 Å². The normalized spacial score (nSPS) is 10.9. The van der Waals surface area contributed by atoms with E-state index in [1.807, 2.05) is 6.07 Å². The number of thioether (sulfide) groups is 1. The molecule has 0 saturated heterocycles. The van der Waals surface area contributed by atoms with Gasteiger partial charge in [0, 0.05) is 20.6 Å². The topological polar surface area (TPSA) is 64.4 Å². The lowest BCUT2D eigenvalue weighted by molar-refractivity contribution is -0.127. The minimum atomic E-state index is -0.467. The molecule has 0 atom stereocenters. The molecule has 8 heteroatoms. The average molecular weight is 401 g/mol. The monoisotopic (exact) mass is 401 g/mol. The summed E-state index contributed by atoms with van der Waals surface area (Å²) in [6, 6.07) is 11.7. The first-order valence-electron chi connectivity index (χ1n) is 8.55. The molecular formula is C20H20FN3O3S. The van der Waals surface area contributed by atoms with Crippen molar-refractivity contribution >= 4 is 28.6 Å². The first-order valence-corrected chi connectivity index (χ1v) is 9.54. The van der Waals surface area contributed by atoms with Crippen LogP contribution in [-0.4, -0.2) is 40.3 Å². The molecule has 146 valence electrons. The Bertz CT molecular complexity index is 1080. The molecule has 0 radical (unpaired) electrons. The Morgan fingerprint density at radius 2 is 2.04 bits per heavy atom. The largest absolute Gasteiger partial charge is 0.494 e. The minimum Gasteiger partial charge on any atom is -0.494 e. The third kappa shape index (κ3) is 4.17. The fraction of sp³-hybridized carbons (Fsp3) is 0.250. The van der Waals surface area contributed by atoms with E-state index in [1.165, 1.54) is 40.5 Å². The summed E-state index contributed by atoms with van der Waals surface area (Å²) in [5.41, 5.74) is 1.11. The number of para-hydroxylation sites is 1. The van der Waals surface area contributed by atoms with Crippen LogP contribution in [0.1, 0.15) is 5.56 Å². The van der Waals surface area contributed by atoms with Crippen LogP contribution in [0.5, 0.6) is 5.75 Å². The van der Waals surface area contributed by atoms with Gasteiger partial charge in [-0.2, -0.15) is 0 Å². The number of methoxy groups -OCH3 is 1. The van der Waals surface area contributed by atoms with E-state index < -0.39 is 5.82 Å². The number of hydrogen-bond acceptors (Lipinski definition) is 5. The highest BCUT2D eigenvalue weighted by molar-refractivity contribution is 7.99. The van der Waals surface area contributed by atoms with Crippen molar-refractivity contribution in [3.05, 3.63) is 64.2 Å². The van der Waals surface area contributed by atoms with Crippen molar-refractivity contribution < 1.29 is 13.9 Å². The number of aromatic nitrogens is 2. The van der Waals surface area contributed by atoms with Gasteiger partial charge in [0.1, 0.15) is 0 Å². The molecular weight excluding hydrogens is 381 g/mol. The van der Waals surface area contributed by atoms with Crippen molar-refractivity contribution in [2.24, 2.45) is 7.05 Å². The molecule has 1 amide bonds. The fourth-order valence-corrected chi connectivity index (χ4v) is 3.65. The van der Waals surface area contributed by atoms with Gasteiger partial charge in [-0.25, -0.2) is 9.37 Å². The highest BCUT2D eigenvalue weighted by Gasteiger charge is 2.14. The number of benzene rings is 2. The van der Waals surface area contributed by atoms with Crippen molar-refractivity contribution in [3.63, 3.8) is 0 Å². The molecule has 3 aromatic rings. The third-order valence-electron chi connectivity index (χ3n) is 4.33. The van der Waals surface area contributed by atoms with Gasteiger partial charge in [0.15, 0.2) is 16.7 Å². The molecule has 0 spiro atoms. The molecule has 0 aliphatic heterocycles. The lowest BCUT2D eigenvalue weighted by atomic mass is 10.2. The summed E-state index contributed by atoms with van der Waals surface area (Å²) in [5, 5.41) is 1.01. The number of rotatable bonds is 6. The van der Waals surface area contributed by atoms with Gasteiger partial charge in [0.05, 0.1) is 23.8 Å². The van der Waals surface area contributed by atoms with Crippen LogP contribution < -0.4 is 10.3 Å². The van der Waals surface area contributed by atoms with Gasteiger partial charge in [-0.1, -0.05) is 30.0 Å². The van der Waals surface area contributed by atoms with Gasteiger partial charge in [-0.05, 0) is 29.8 Å². The first-order chi connectivity index (χ1) is 13.4. The molecule has 0 bridgehead atoms. The number of carbonyl (C=O) groups is 1. The Morgan fingerprint density at radius 3 is 2.75 bits per heavy atom. The fourth-order valence-electron chi connectivity index (χ4n) is 2.73. The Hall–Kier alpha value is -2.87. The molecule has 2 aromatic carbocycles. The van der Waals surface area contributed by atoms with Crippen LogP contribution in [0.15, 0.2) is 52.4 Å². The lowest BCUT2D eigenvalue weighted by Crippen LogP contribution is -2.28. The number of amides is 1. The number of hydrogen-bond donors (Lipinski definition) is 0. The van der Waals surface area contributed by atoms with E-state index in [2.05, 4.69) is 4.98 Å². The van der Waals surface area contributed by atoms with Crippen molar-refractivity contribution in [2.75, 3.05) is 19.9 Å². The van der Waals surface area contributed by atoms with E-state index in [1.54, 1.807) is 38.4 Å². The molecule has 28 heavy (non-hydrogen) atoms. The quantitative estimate of drug-likeness (QED) is 0.469. The third-order valence-corrected chi connectivity index (χ3v) is 5.34. The van der Waals surface area contributed by atoms with Crippen molar-refractivity contribution in [1.82, 2.24) is 14.5 Å². The van der Waals surface area contributed by atoms with E-state index >= 15 is 0 Å². The zero-order valence-electron chi connectivity index (χ0n) is 15.8. The van der Waals surface area contributed by atoms with Crippen molar-refractivity contribution in [1.29, 1.82) is 0 Å². The molecule has 3 rings (SSSR count). The summed E-state index contributed by atoms with van der Waals surface area (Å²) in [6.07, 6.45) is 0. The average Bonchev–Trinajstić information content (AvgIpc) is 2.69. The van der Waals surface area contributed by atoms with Crippen LogP contribution >= 0.6 is 11.8 Å². The molecule has 0 aliphatic rings. The van der Waals surface area contributed by atoms with Gasteiger partial charge >= 0.3 is 0 Å². The number of halogens is 1. The zero-order valence-corrected chi connectivity index (χ0v) is 16.6. The number of fused-ring (bicyclic) bond motifs is 1. The second-order valence-electron chi connectivity index (χ2n) is 6.28. The van der Waals surface area contributed by atoms with Crippen LogP contribution in [0.3, 0.4) is 0 Å². The van der Waals surface area contributed by atoms with Gasteiger partial charge < -0.3 is 9.64 Å². The van der Waals surface area contributed by atoms with Crippen molar-refractivity contribution in [2.45, 2.75) is 11.7 Å². The summed E-state index contributed by atoms with van der Waals surface area (Å²) in [5.74, 6) is -0.334. The minimum absolute atomic E-state index is 0.119. The maximum absolute atomic E-state index is 13.8. The van der Waals surface area contributed by atoms with Gasteiger partial charge in [0.25, 0.3) is 5.56 Å². The summed E-state index contributed by atoms with van der Waals surface area (Å²) >= 11 is 1.20. The van der Waals surface area contributed by atoms with Crippen LogP contribution in [0.4, 0.5) is 4.39 Å². The van der Waals surface area contributed by atoms with Gasteiger partial charge in [0.2, 0.25) is 5.91 Å². The Balaban J connectivity index is 1.68. The molecule has 0 N–H and O–H groups in total. The standard InChI is InChI=1S/C20H20FN3O3S/c1-23(11-13-8-9-17(27-3)15(21)10-13)18(25)12-28-20-22-16-7-5-4-6-14(16)19(26)24(20)2/h4-10H,11-12H2,1-3H3. The first kappa shape index (κ1) is 19.9. The molecule has 1 heterocycles. The molecule has 0 fully saturated rings. The summed E-state index contributed by atoms with van der Waals surface area (Å²) in [7, 11) is 4.69. The Kier molecular flexibility index (Phi) is 5.99. The summed E-state index contributed by atoms with van der Waals surface area (Å²) in [6.45, 7) is 0.268. The summed E-state index contributed by atoms with van der Waals surface area (Å²) < 4.78 is 20.1. The van der Waals surface area contributed by atoms with E-state index in [0.717, 1.165) is 0 Å². The van der Waals surface area contributed by atoms with E-state index in [9.17, 15) is 14.0 Å². The zero-order chi connectivity index (χ0) is 20.3. The highest BCUT2D eigenvalue weighted by atomic mass is 32.2. The summed E-state index contributed by atoms with van der Waals surface area (Å²) in [4.78, 5) is 30.9. The second-order valence-corrected chi connectivity index (χ2v) is 7.23. The second kappa shape index (κ2) is 8.43. The smallest absolute Gasteiger partial charge is 0.261 e. The number of nitrogens with zero attached hydrogens (tertiary/aromatic N) is 3. The predicted molar refractivity (Wildman–Crippen MR) is 107 cm³/mol. The van der Waals surface area contributed by atoms with Gasteiger partial charge in [-0.3, -0.25) is 14.2 Å².